The SMILES string of the molecule is COc1cc(F)c(S(=O)(=O)NC(CO)C(=O)O)cc1OC. The highest BCUT2D eigenvalue weighted by Crippen LogP contribution is 2.31. The van der Waals surface area contributed by atoms with Gasteiger partial charge in [-0.05, 0) is 0 Å². The van der Waals surface area contributed by atoms with Crippen LogP contribution >= 0.6 is 0 Å². The minimum absolute atomic E-state index is 0.0223. The molecular formula is C11H14FNO7S. The summed E-state index contributed by atoms with van der Waals surface area (Å²) in [7, 11) is -2.03. The fourth-order valence-corrected chi connectivity index (χ4v) is 2.71. The van der Waals surface area contributed by atoms with Gasteiger partial charge in [-0.15, -0.1) is 0 Å². The van der Waals surface area contributed by atoms with Crippen LogP contribution in [0.1, 0.15) is 0 Å². The van der Waals surface area contributed by atoms with Crippen LogP contribution in [0.15, 0.2) is 17.0 Å². The average Bonchev–Trinajstić information content (AvgIpc) is 2.43. The maximum absolute atomic E-state index is 13.8. The van der Waals surface area contributed by atoms with Crippen molar-refractivity contribution < 1.29 is 37.3 Å². The zero-order chi connectivity index (χ0) is 16.2. The van der Waals surface area contributed by atoms with Gasteiger partial charge in [0.2, 0.25) is 10.0 Å². The number of nitrogens with one attached hydrogen (secondary N) is 1. The van der Waals surface area contributed by atoms with E-state index in [0.29, 0.717) is 0 Å². The molecule has 0 aromatic heterocycles. The molecule has 1 rings (SSSR count). The number of hydrogen-bond donors (Lipinski definition) is 3. The summed E-state index contributed by atoms with van der Waals surface area (Å²) in [6.07, 6.45) is 0. The summed E-state index contributed by atoms with van der Waals surface area (Å²) in [6, 6.07) is -0.142. The molecule has 0 aliphatic heterocycles. The van der Waals surface area contributed by atoms with Crippen LogP contribution in [0.25, 0.3) is 0 Å². The Morgan fingerprint density at radius 2 is 1.86 bits per heavy atom. The summed E-state index contributed by atoms with van der Waals surface area (Å²) < 4.78 is 49.1. The third kappa shape index (κ3) is 3.80. The van der Waals surface area contributed by atoms with Crippen LogP contribution in [0.2, 0.25) is 0 Å². The fraction of sp³-hybridized carbons (Fsp3) is 0.364. The van der Waals surface area contributed by atoms with Crippen molar-refractivity contribution in [3.63, 3.8) is 0 Å². The van der Waals surface area contributed by atoms with Crippen molar-refractivity contribution in [2.24, 2.45) is 0 Å². The van der Waals surface area contributed by atoms with E-state index in [0.717, 1.165) is 12.1 Å². The Morgan fingerprint density at radius 3 is 2.29 bits per heavy atom. The number of halogens is 1. The molecule has 3 N–H and O–H groups in total. The average molecular weight is 323 g/mol. The summed E-state index contributed by atoms with van der Waals surface area (Å²) in [4.78, 5) is 9.90. The van der Waals surface area contributed by atoms with E-state index in [4.69, 9.17) is 19.7 Å². The molecule has 0 saturated carbocycles. The number of hydrogen-bond acceptors (Lipinski definition) is 6. The lowest BCUT2D eigenvalue weighted by molar-refractivity contribution is -0.139. The fourth-order valence-electron chi connectivity index (χ4n) is 1.46. The van der Waals surface area contributed by atoms with Gasteiger partial charge in [-0.1, -0.05) is 0 Å². The second-order valence-corrected chi connectivity index (χ2v) is 5.51. The van der Waals surface area contributed by atoms with Crippen molar-refractivity contribution in [2.45, 2.75) is 10.9 Å². The first-order chi connectivity index (χ1) is 9.76. The van der Waals surface area contributed by atoms with Crippen molar-refractivity contribution >= 4 is 16.0 Å². The molecule has 0 aliphatic carbocycles. The first-order valence-corrected chi connectivity index (χ1v) is 7.02. The first-order valence-electron chi connectivity index (χ1n) is 5.54. The molecule has 0 saturated heterocycles. The predicted molar refractivity (Wildman–Crippen MR) is 68.3 cm³/mol. The second-order valence-electron chi connectivity index (χ2n) is 3.83. The molecule has 1 aromatic rings. The molecule has 21 heavy (non-hydrogen) atoms. The zero-order valence-electron chi connectivity index (χ0n) is 11.2. The topological polar surface area (TPSA) is 122 Å². The lowest BCUT2D eigenvalue weighted by atomic mass is 10.3. The molecule has 0 aliphatic rings. The van der Waals surface area contributed by atoms with Gasteiger partial charge in [-0.2, -0.15) is 4.72 Å². The lowest BCUT2D eigenvalue weighted by Crippen LogP contribution is -2.43. The summed E-state index contributed by atoms with van der Waals surface area (Å²) in [5.74, 6) is -2.81. The van der Waals surface area contributed by atoms with E-state index < -0.39 is 39.4 Å². The van der Waals surface area contributed by atoms with Gasteiger partial charge in [-0.3, -0.25) is 4.79 Å². The van der Waals surface area contributed by atoms with Crippen molar-refractivity contribution in [1.82, 2.24) is 4.72 Å². The van der Waals surface area contributed by atoms with E-state index in [1.807, 2.05) is 0 Å². The summed E-state index contributed by atoms with van der Waals surface area (Å²) in [5.41, 5.74) is 0. The first kappa shape index (κ1) is 17.1. The number of carboxylic acids is 1. The number of rotatable bonds is 7. The lowest BCUT2D eigenvalue weighted by Gasteiger charge is -2.14. The van der Waals surface area contributed by atoms with Gasteiger partial charge in [0.25, 0.3) is 0 Å². The Kier molecular flexibility index (Phi) is 5.47. The van der Waals surface area contributed by atoms with Gasteiger partial charge in [0.05, 0.1) is 20.8 Å². The number of sulfonamides is 1. The Balaban J connectivity index is 3.28. The minimum atomic E-state index is -4.51. The van der Waals surface area contributed by atoms with Gasteiger partial charge in [-0.25, -0.2) is 12.8 Å². The Morgan fingerprint density at radius 1 is 1.33 bits per heavy atom. The Bertz CT molecular complexity index is 632. The van der Waals surface area contributed by atoms with Crippen LogP contribution in [-0.2, 0) is 14.8 Å². The third-order valence-corrected chi connectivity index (χ3v) is 3.99. The van der Waals surface area contributed by atoms with Gasteiger partial charge >= 0.3 is 5.97 Å². The monoisotopic (exact) mass is 323 g/mol. The van der Waals surface area contributed by atoms with Crippen LogP contribution < -0.4 is 14.2 Å². The highest BCUT2D eigenvalue weighted by Gasteiger charge is 2.28. The molecule has 1 unspecified atom stereocenters. The van der Waals surface area contributed by atoms with Crippen LogP contribution in [0.5, 0.6) is 11.5 Å². The molecule has 1 atom stereocenters. The van der Waals surface area contributed by atoms with E-state index in [1.165, 1.54) is 14.2 Å². The summed E-state index contributed by atoms with van der Waals surface area (Å²) >= 11 is 0. The molecule has 1 aromatic carbocycles. The normalized spacial score (nSPS) is 12.8. The van der Waals surface area contributed by atoms with Gasteiger partial charge in [0, 0.05) is 12.1 Å². The smallest absolute Gasteiger partial charge is 0.324 e. The van der Waals surface area contributed by atoms with Crippen molar-refractivity contribution in [1.29, 1.82) is 0 Å². The predicted octanol–water partition coefficient (Wildman–Crippen LogP) is -0.433. The van der Waals surface area contributed by atoms with E-state index in [1.54, 1.807) is 4.72 Å². The summed E-state index contributed by atoms with van der Waals surface area (Å²) in [5, 5.41) is 17.5. The molecular weight excluding hydrogens is 309 g/mol. The minimum Gasteiger partial charge on any atom is -0.493 e. The number of carbonyl (C=O) groups is 1. The number of benzene rings is 1. The van der Waals surface area contributed by atoms with Crippen LogP contribution in [-0.4, -0.2) is 51.5 Å². The molecule has 8 nitrogen and oxygen atoms in total. The standard InChI is InChI=1S/C11H14FNO7S/c1-19-8-3-6(12)10(4-9(8)20-2)21(17,18)13-7(5-14)11(15)16/h3-4,7,13-14H,5H2,1-2H3,(H,15,16). The molecule has 0 heterocycles. The number of aliphatic carboxylic acids is 1. The van der Waals surface area contributed by atoms with Crippen LogP contribution in [0, 0.1) is 5.82 Å². The van der Waals surface area contributed by atoms with Crippen LogP contribution in [0.4, 0.5) is 4.39 Å². The number of methoxy groups -OCH3 is 2. The highest BCUT2D eigenvalue weighted by molar-refractivity contribution is 7.89. The van der Waals surface area contributed by atoms with Crippen molar-refractivity contribution in [2.75, 3.05) is 20.8 Å². The maximum Gasteiger partial charge on any atom is 0.324 e. The Labute approximate surface area is 120 Å². The molecule has 0 fully saturated rings. The molecule has 10 heteroatoms. The largest absolute Gasteiger partial charge is 0.493 e. The quantitative estimate of drug-likeness (QED) is 0.622. The molecule has 0 amide bonds. The third-order valence-electron chi connectivity index (χ3n) is 2.51. The Hall–Kier alpha value is -1.91. The van der Waals surface area contributed by atoms with E-state index >= 15 is 0 Å². The van der Waals surface area contributed by atoms with Gasteiger partial charge < -0.3 is 19.7 Å². The highest BCUT2D eigenvalue weighted by atomic mass is 32.2. The van der Waals surface area contributed by atoms with Gasteiger partial charge in [0.1, 0.15) is 16.8 Å². The molecule has 0 bridgehead atoms. The molecule has 0 spiro atoms. The van der Waals surface area contributed by atoms with Crippen molar-refractivity contribution in [3.8, 4) is 11.5 Å². The second kappa shape index (κ2) is 6.70. The summed E-state index contributed by atoms with van der Waals surface area (Å²) in [6.45, 7) is -0.983. The van der Waals surface area contributed by atoms with E-state index in [-0.39, 0.29) is 11.5 Å². The van der Waals surface area contributed by atoms with Gasteiger partial charge in [0.15, 0.2) is 11.5 Å². The van der Waals surface area contributed by atoms with E-state index in [2.05, 4.69) is 0 Å². The van der Waals surface area contributed by atoms with Crippen LogP contribution in [0.3, 0.4) is 0 Å². The molecule has 0 radical (unpaired) electrons. The molecule has 118 valence electrons. The zero-order valence-corrected chi connectivity index (χ0v) is 12.0. The number of ether oxygens (including phenoxy) is 2. The maximum atomic E-state index is 13.8. The number of aliphatic hydroxyl groups is 1. The van der Waals surface area contributed by atoms with Crippen molar-refractivity contribution in [3.05, 3.63) is 17.9 Å². The number of aliphatic hydroxyl groups excluding tert-OH is 1. The number of carboxylic acid groups (broad SMARTS) is 1. The van der Waals surface area contributed by atoms with E-state index in [9.17, 15) is 17.6 Å².